The average Bonchev–Trinajstić information content (AvgIpc) is 2.93. The number of hydrogen-bond donors (Lipinski definition) is 1. The predicted molar refractivity (Wildman–Crippen MR) is 104 cm³/mol. The van der Waals surface area contributed by atoms with Gasteiger partial charge in [-0.1, -0.05) is 32.4 Å². The van der Waals surface area contributed by atoms with Crippen LogP contribution < -0.4 is 0 Å². The zero-order chi connectivity index (χ0) is 17.8. The second-order valence-corrected chi connectivity index (χ2v) is 10.1. The predicted octanol–water partition coefficient (Wildman–Crippen LogP) is 5.59. The summed E-state index contributed by atoms with van der Waals surface area (Å²) in [5, 5.41) is 10.1. The summed E-state index contributed by atoms with van der Waals surface area (Å²) in [7, 11) is 0. The molecule has 25 heavy (non-hydrogen) atoms. The van der Waals surface area contributed by atoms with Crippen LogP contribution in [0.4, 0.5) is 0 Å². The lowest BCUT2D eigenvalue weighted by atomic mass is 9.47. The zero-order valence-corrected chi connectivity index (χ0v) is 16.6. The molecule has 4 aliphatic rings. The van der Waals surface area contributed by atoms with E-state index in [0.29, 0.717) is 16.7 Å². The van der Waals surface area contributed by atoms with Crippen molar-refractivity contribution >= 4 is 0 Å². The van der Waals surface area contributed by atoms with Crippen LogP contribution in [0.15, 0.2) is 11.6 Å². The van der Waals surface area contributed by atoms with Gasteiger partial charge in [0.25, 0.3) is 0 Å². The molecule has 0 saturated heterocycles. The Morgan fingerprint density at radius 2 is 1.92 bits per heavy atom. The molecule has 0 aromatic rings. The van der Waals surface area contributed by atoms with Gasteiger partial charge in [0.05, 0.1) is 6.10 Å². The summed E-state index contributed by atoms with van der Waals surface area (Å²) in [4.78, 5) is 0. The summed E-state index contributed by atoms with van der Waals surface area (Å²) in [5.41, 5.74) is 2.47. The molecule has 0 heterocycles. The van der Waals surface area contributed by atoms with Crippen molar-refractivity contribution in [1.82, 2.24) is 0 Å². The summed E-state index contributed by atoms with van der Waals surface area (Å²) in [6.45, 7) is 9.49. The maximum atomic E-state index is 10.1. The maximum absolute atomic E-state index is 10.1. The third-order valence-electron chi connectivity index (χ3n) is 9.13. The summed E-state index contributed by atoms with van der Waals surface area (Å²) in [6.07, 6.45) is 12.5. The minimum absolute atomic E-state index is 0.0888. The van der Waals surface area contributed by atoms with E-state index < -0.39 is 0 Å². The van der Waals surface area contributed by atoms with Gasteiger partial charge in [0, 0.05) is 5.92 Å². The molecule has 3 fully saturated rings. The van der Waals surface area contributed by atoms with Gasteiger partial charge in [0.1, 0.15) is 0 Å². The van der Waals surface area contributed by atoms with Gasteiger partial charge in [-0.15, -0.1) is 11.8 Å². The van der Waals surface area contributed by atoms with E-state index in [4.69, 9.17) is 0 Å². The molecular weight excluding hydrogens is 304 g/mol. The van der Waals surface area contributed by atoms with Gasteiger partial charge in [0.2, 0.25) is 0 Å². The number of fused-ring (bicyclic) bond motifs is 5. The third kappa shape index (κ3) is 2.55. The SMILES string of the molecule is CC#CC(C)C1CCC2C3CC=C4CC(O)CCC4(C)C3CCC12C. The highest BCUT2D eigenvalue weighted by Crippen LogP contribution is 2.67. The quantitative estimate of drug-likeness (QED) is 0.487. The van der Waals surface area contributed by atoms with Crippen LogP contribution in [0.5, 0.6) is 0 Å². The van der Waals surface area contributed by atoms with Crippen molar-refractivity contribution in [2.45, 2.75) is 85.2 Å². The molecular formula is C24H36O. The van der Waals surface area contributed by atoms with E-state index in [2.05, 4.69) is 38.7 Å². The van der Waals surface area contributed by atoms with Crippen LogP contribution in [0.1, 0.15) is 79.1 Å². The van der Waals surface area contributed by atoms with Gasteiger partial charge >= 0.3 is 0 Å². The molecule has 0 spiro atoms. The Hall–Kier alpha value is -0.740. The molecule has 3 saturated carbocycles. The van der Waals surface area contributed by atoms with Crippen molar-refractivity contribution in [1.29, 1.82) is 0 Å². The van der Waals surface area contributed by atoms with Crippen molar-refractivity contribution in [2.75, 3.05) is 0 Å². The highest BCUT2D eigenvalue weighted by Gasteiger charge is 2.59. The van der Waals surface area contributed by atoms with Gasteiger partial charge in [-0.25, -0.2) is 0 Å². The molecule has 8 atom stereocenters. The molecule has 1 heteroatoms. The van der Waals surface area contributed by atoms with Crippen LogP contribution in [0.25, 0.3) is 0 Å². The Kier molecular flexibility index (Phi) is 4.35. The Bertz CT molecular complexity index is 622. The first-order chi connectivity index (χ1) is 11.9. The molecule has 138 valence electrons. The number of hydrogen-bond acceptors (Lipinski definition) is 1. The molecule has 1 nitrogen and oxygen atoms in total. The van der Waals surface area contributed by atoms with Crippen LogP contribution >= 0.6 is 0 Å². The Labute approximate surface area is 154 Å². The second kappa shape index (κ2) is 6.16. The smallest absolute Gasteiger partial charge is 0.0577 e. The molecule has 0 aromatic carbocycles. The lowest BCUT2D eigenvalue weighted by molar-refractivity contribution is -0.0536. The highest BCUT2D eigenvalue weighted by atomic mass is 16.3. The molecule has 0 radical (unpaired) electrons. The molecule has 0 bridgehead atoms. The van der Waals surface area contributed by atoms with Crippen LogP contribution in [0.2, 0.25) is 0 Å². The minimum Gasteiger partial charge on any atom is -0.393 e. The number of aliphatic hydroxyl groups excluding tert-OH is 1. The van der Waals surface area contributed by atoms with E-state index in [-0.39, 0.29) is 6.10 Å². The van der Waals surface area contributed by atoms with E-state index in [1.165, 1.54) is 38.5 Å². The largest absolute Gasteiger partial charge is 0.393 e. The van der Waals surface area contributed by atoms with Crippen LogP contribution in [0.3, 0.4) is 0 Å². The van der Waals surface area contributed by atoms with E-state index in [1.54, 1.807) is 5.57 Å². The van der Waals surface area contributed by atoms with E-state index in [0.717, 1.165) is 36.5 Å². The Morgan fingerprint density at radius 1 is 1.12 bits per heavy atom. The number of aliphatic hydroxyl groups is 1. The first kappa shape index (κ1) is 17.7. The van der Waals surface area contributed by atoms with Gasteiger partial charge in [-0.2, -0.15) is 0 Å². The molecule has 8 unspecified atom stereocenters. The average molecular weight is 341 g/mol. The first-order valence-corrected chi connectivity index (χ1v) is 10.7. The standard InChI is InChI=1S/C24H36O/c1-5-6-16(2)20-9-10-21-19-8-7-17-15-18(25)11-13-23(17,3)22(19)12-14-24(20,21)4/h7,16,18-22,25H,8-15H2,1-4H3. The van der Waals surface area contributed by atoms with Gasteiger partial charge in [-0.3, -0.25) is 0 Å². The van der Waals surface area contributed by atoms with Crippen molar-refractivity contribution in [3.8, 4) is 11.8 Å². The minimum atomic E-state index is -0.0888. The lowest BCUT2D eigenvalue weighted by Gasteiger charge is -2.58. The van der Waals surface area contributed by atoms with E-state index in [1.807, 2.05) is 6.92 Å². The molecule has 0 aromatic heterocycles. The van der Waals surface area contributed by atoms with Crippen LogP contribution in [-0.2, 0) is 0 Å². The summed E-state index contributed by atoms with van der Waals surface area (Å²) in [6, 6.07) is 0. The lowest BCUT2D eigenvalue weighted by Crippen LogP contribution is -2.50. The molecule has 0 aliphatic heterocycles. The fraction of sp³-hybridized carbons (Fsp3) is 0.833. The van der Waals surface area contributed by atoms with Gasteiger partial charge in [0.15, 0.2) is 0 Å². The van der Waals surface area contributed by atoms with Crippen molar-refractivity contribution < 1.29 is 5.11 Å². The van der Waals surface area contributed by atoms with Crippen molar-refractivity contribution in [3.63, 3.8) is 0 Å². The van der Waals surface area contributed by atoms with Crippen molar-refractivity contribution in [3.05, 3.63) is 11.6 Å². The monoisotopic (exact) mass is 340 g/mol. The fourth-order valence-corrected chi connectivity index (χ4v) is 7.83. The Balaban J connectivity index is 1.63. The molecule has 1 N–H and O–H groups in total. The topological polar surface area (TPSA) is 20.2 Å². The normalized spacial score (nSPS) is 49.8. The second-order valence-electron chi connectivity index (χ2n) is 10.1. The summed E-state index contributed by atoms with van der Waals surface area (Å²) in [5.74, 6) is 10.6. The zero-order valence-electron chi connectivity index (χ0n) is 16.6. The summed E-state index contributed by atoms with van der Waals surface area (Å²) >= 11 is 0. The highest BCUT2D eigenvalue weighted by molar-refractivity contribution is 5.25. The molecule has 0 amide bonds. The van der Waals surface area contributed by atoms with Crippen molar-refractivity contribution in [2.24, 2.45) is 40.4 Å². The van der Waals surface area contributed by atoms with Crippen LogP contribution in [-0.4, -0.2) is 11.2 Å². The van der Waals surface area contributed by atoms with E-state index in [9.17, 15) is 5.11 Å². The number of rotatable bonds is 1. The van der Waals surface area contributed by atoms with Gasteiger partial charge in [-0.05, 0) is 92.8 Å². The maximum Gasteiger partial charge on any atom is 0.0577 e. The van der Waals surface area contributed by atoms with Gasteiger partial charge < -0.3 is 5.11 Å². The summed E-state index contributed by atoms with van der Waals surface area (Å²) < 4.78 is 0. The van der Waals surface area contributed by atoms with Crippen LogP contribution in [0, 0.1) is 52.3 Å². The molecule has 4 aliphatic carbocycles. The Morgan fingerprint density at radius 3 is 2.68 bits per heavy atom. The molecule has 4 rings (SSSR count). The third-order valence-corrected chi connectivity index (χ3v) is 9.13. The number of allylic oxidation sites excluding steroid dienone is 1. The first-order valence-electron chi connectivity index (χ1n) is 10.7. The fourth-order valence-electron chi connectivity index (χ4n) is 7.83. The van der Waals surface area contributed by atoms with E-state index >= 15 is 0 Å².